The van der Waals surface area contributed by atoms with Crippen molar-refractivity contribution in [2.24, 2.45) is 0 Å². The van der Waals surface area contributed by atoms with Gasteiger partial charge in [0.15, 0.2) is 6.61 Å². The Kier molecular flexibility index (Phi) is 3.76. The van der Waals surface area contributed by atoms with E-state index in [-0.39, 0.29) is 11.4 Å². The number of hydrogen-bond donors (Lipinski definition) is 1. The van der Waals surface area contributed by atoms with Crippen LogP contribution in [0.15, 0.2) is 24.3 Å². The van der Waals surface area contributed by atoms with Crippen LogP contribution in [0, 0.1) is 5.82 Å². The van der Waals surface area contributed by atoms with Gasteiger partial charge in [-0.1, -0.05) is 6.07 Å². The van der Waals surface area contributed by atoms with E-state index in [0.717, 1.165) is 16.2 Å². The van der Waals surface area contributed by atoms with Crippen LogP contribution >= 0.6 is 11.3 Å². The lowest BCUT2D eigenvalue weighted by Crippen LogP contribution is -2.37. The zero-order valence-electron chi connectivity index (χ0n) is 11.3. The van der Waals surface area contributed by atoms with E-state index in [1.807, 2.05) is 0 Å². The number of nitrogens with zero attached hydrogens (tertiary/aromatic N) is 1. The van der Waals surface area contributed by atoms with Gasteiger partial charge < -0.3 is 10.1 Å². The van der Waals surface area contributed by atoms with Crippen molar-refractivity contribution in [2.75, 3.05) is 19.7 Å². The van der Waals surface area contributed by atoms with Gasteiger partial charge in [-0.15, -0.1) is 11.3 Å². The van der Waals surface area contributed by atoms with Gasteiger partial charge in [-0.2, -0.15) is 0 Å². The summed E-state index contributed by atoms with van der Waals surface area (Å²) in [5.41, 5.74) is 0. The second-order valence-electron chi connectivity index (χ2n) is 4.62. The van der Waals surface area contributed by atoms with Crippen LogP contribution in [0.5, 0.6) is 0 Å². The summed E-state index contributed by atoms with van der Waals surface area (Å²) in [6.45, 7) is 0.112. The molecule has 1 aromatic carbocycles. The number of carbonyl (C=O) groups is 3. The Balaban J connectivity index is 1.67. The first kappa shape index (κ1) is 14.5. The van der Waals surface area contributed by atoms with Crippen LogP contribution in [-0.4, -0.2) is 42.5 Å². The van der Waals surface area contributed by atoms with Crippen molar-refractivity contribution in [1.82, 2.24) is 10.2 Å². The predicted molar refractivity (Wildman–Crippen MR) is 77.2 cm³/mol. The predicted octanol–water partition coefficient (Wildman–Crippen LogP) is 1.75. The molecule has 0 aliphatic carbocycles. The van der Waals surface area contributed by atoms with Gasteiger partial charge in [-0.3, -0.25) is 9.69 Å². The third kappa shape index (κ3) is 2.64. The topological polar surface area (TPSA) is 75.7 Å². The summed E-state index contributed by atoms with van der Waals surface area (Å²) < 4.78 is 19.1. The van der Waals surface area contributed by atoms with Gasteiger partial charge in [0.25, 0.3) is 5.91 Å². The Hall–Kier alpha value is -2.48. The summed E-state index contributed by atoms with van der Waals surface area (Å²) in [6.07, 6.45) is 0. The van der Waals surface area contributed by atoms with Crippen LogP contribution in [-0.2, 0) is 9.53 Å². The monoisotopic (exact) mass is 322 g/mol. The molecule has 1 aromatic heterocycles. The molecule has 2 aromatic rings. The van der Waals surface area contributed by atoms with E-state index >= 15 is 0 Å². The van der Waals surface area contributed by atoms with Crippen LogP contribution in [0.3, 0.4) is 0 Å². The van der Waals surface area contributed by atoms with E-state index in [1.54, 1.807) is 12.1 Å². The molecule has 1 saturated heterocycles. The third-order valence-corrected chi connectivity index (χ3v) is 4.27. The van der Waals surface area contributed by atoms with Gasteiger partial charge in [0.05, 0.1) is 0 Å². The largest absolute Gasteiger partial charge is 0.451 e. The fraction of sp³-hybridized carbons (Fsp3) is 0.214. The molecule has 1 N–H and O–H groups in total. The zero-order chi connectivity index (χ0) is 15.7. The minimum atomic E-state index is -0.714. The highest BCUT2D eigenvalue weighted by Crippen LogP contribution is 2.28. The minimum absolute atomic E-state index is 0.207. The molecule has 3 rings (SSSR count). The lowest BCUT2D eigenvalue weighted by molar-refractivity contribution is -0.130. The molecule has 6 nitrogen and oxygen atoms in total. The fourth-order valence-electron chi connectivity index (χ4n) is 2.11. The number of urea groups is 1. The molecule has 1 fully saturated rings. The first-order valence-corrected chi connectivity index (χ1v) is 7.31. The molecule has 1 aliphatic heterocycles. The Bertz CT molecular complexity index is 773. The molecule has 2 heterocycles. The number of ether oxygens (including phenoxy) is 1. The maximum absolute atomic E-state index is 13.6. The average molecular weight is 322 g/mol. The SMILES string of the molecule is O=C(OCC(=O)N1CCNC1=O)c1cc2c(F)cccc2s1. The number of carbonyl (C=O) groups excluding carboxylic acids is 3. The van der Waals surface area contributed by atoms with Gasteiger partial charge in [0, 0.05) is 23.2 Å². The number of nitrogens with one attached hydrogen (secondary N) is 1. The lowest BCUT2D eigenvalue weighted by atomic mass is 10.2. The van der Waals surface area contributed by atoms with Gasteiger partial charge in [-0.05, 0) is 18.2 Å². The van der Waals surface area contributed by atoms with Gasteiger partial charge >= 0.3 is 12.0 Å². The van der Waals surface area contributed by atoms with E-state index in [4.69, 9.17) is 4.74 Å². The number of benzene rings is 1. The van der Waals surface area contributed by atoms with Crippen molar-refractivity contribution >= 4 is 39.3 Å². The summed E-state index contributed by atoms with van der Waals surface area (Å²) >= 11 is 1.09. The average Bonchev–Trinajstić information content (AvgIpc) is 3.11. The Labute approximate surface area is 128 Å². The van der Waals surface area contributed by atoms with Crippen LogP contribution < -0.4 is 5.32 Å². The number of amides is 3. The number of rotatable bonds is 3. The van der Waals surface area contributed by atoms with Crippen molar-refractivity contribution in [2.45, 2.75) is 0 Å². The molecule has 8 heteroatoms. The van der Waals surface area contributed by atoms with Gasteiger partial charge in [0.2, 0.25) is 0 Å². The summed E-state index contributed by atoms with van der Waals surface area (Å²) in [7, 11) is 0. The molecule has 0 unspecified atom stereocenters. The molecule has 114 valence electrons. The van der Waals surface area contributed by atoms with Crippen LogP contribution in [0.25, 0.3) is 10.1 Å². The first-order chi connectivity index (χ1) is 10.6. The standard InChI is InChI=1S/C14H11FN2O4S/c15-9-2-1-3-10-8(9)6-11(22-10)13(19)21-7-12(18)17-5-4-16-14(17)20/h1-3,6H,4-5,7H2,(H,16,20). The van der Waals surface area contributed by atoms with Crippen molar-refractivity contribution in [3.63, 3.8) is 0 Å². The van der Waals surface area contributed by atoms with Crippen molar-refractivity contribution in [3.05, 3.63) is 35.0 Å². The summed E-state index contributed by atoms with van der Waals surface area (Å²) in [6, 6.07) is 5.45. The molecule has 0 spiro atoms. The van der Waals surface area contributed by atoms with E-state index in [2.05, 4.69) is 5.32 Å². The Morgan fingerprint density at radius 1 is 1.41 bits per heavy atom. The molecule has 0 saturated carbocycles. The molecule has 0 radical (unpaired) electrons. The Morgan fingerprint density at radius 2 is 2.23 bits per heavy atom. The first-order valence-electron chi connectivity index (χ1n) is 6.49. The number of fused-ring (bicyclic) bond motifs is 1. The smallest absolute Gasteiger partial charge is 0.348 e. The quantitative estimate of drug-likeness (QED) is 0.874. The normalized spacial score (nSPS) is 14.2. The summed E-state index contributed by atoms with van der Waals surface area (Å²) in [5.74, 6) is -1.72. The van der Waals surface area contributed by atoms with Crippen molar-refractivity contribution < 1.29 is 23.5 Å². The van der Waals surface area contributed by atoms with Gasteiger partial charge in [0.1, 0.15) is 10.7 Å². The zero-order valence-corrected chi connectivity index (χ0v) is 12.1. The van der Waals surface area contributed by atoms with Gasteiger partial charge in [-0.25, -0.2) is 14.0 Å². The fourth-order valence-corrected chi connectivity index (χ4v) is 3.08. The number of halogens is 1. The number of hydrogen-bond acceptors (Lipinski definition) is 5. The molecule has 0 bridgehead atoms. The van der Waals surface area contributed by atoms with Crippen molar-refractivity contribution in [1.29, 1.82) is 0 Å². The van der Waals surface area contributed by atoms with Crippen LogP contribution in [0.4, 0.5) is 9.18 Å². The number of imide groups is 1. The summed E-state index contributed by atoms with van der Waals surface area (Å²) in [5, 5.41) is 2.82. The van der Waals surface area contributed by atoms with E-state index < -0.39 is 30.3 Å². The molecule has 3 amide bonds. The highest BCUT2D eigenvalue weighted by Gasteiger charge is 2.27. The molecular weight excluding hydrogens is 311 g/mol. The van der Waals surface area contributed by atoms with Crippen LogP contribution in [0.1, 0.15) is 9.67 Å². The van der Waals surface area contributed by atoms with Crippen LogP contribution in [0.2, 0.25) is 0 Å². The molecule has 0 atom stereocenters. The van der Waals surface area contributed by atoms with E-state index in [1.165, 1.54) is 12.1 Å². The lowest BCUT2D eigenvalue weighted by Gasteiger charge is -2.11. The number of thiophene rings is 1. The Morgan fingerprint density at radius 3 is 2.91 bits per heavy atom. The molecule has 1 aliphatic rings. The third-order valence-electron chi connectivity index (χ3n) is 3.19. The maximum atomic E-state index is 13.6. The second-order valence-corrected chi connectivity index (χ2v) is 5.70. The minimum Gasteiger partial charge on any atom is -0.451 e. The molecule has 22 heavy (non-hydrogen) atoms. The highest BCUT2D eigenvalue weighted by molar-refractivity contribution is 7.20. The maximum Gasteiger partial charge on any atom is 0.348 e. The van der Waals surface area contributed by atoms with E-state index in [0.29, 0.717) is 16.6 Å². The molecular formula is C14H11FN2O4S. The summed E-state index contributed by atoms with van der Waals surface area (Å²) in [4.78, 5) is 36.2. The number of esters is 1. The highest BCUT2D eigenvalue weighted by atomic mass is 32.1. The van der Waals surface area contributed by atoms with Crippen molar-refractivity contribution in [3.8, 4) is 0 Å². The second kappa shape index (κ2) is 5.72. The van der Waals surface area contributed by atoms with E-state index in [9.17, 15) is 18.8 Å².